The number of halogens is 1. The van der Waals surface area contributed by atoms with E-state index < -0.39 is 0 Å². The molecule has 2 rings (SSSR count). The van der Waals surface area contributed by atoms with E-state index in [4.69, 9.17) is 17.3 Å². The van der Waals surface area contributed by atoms with E-state index in [1.165, 1.54) is 12.8 Å². The van der Waals surface area contributed by atoms with E-state index in [-0.39, 0.29) is 5.54 Å². The Morgan fingerprint density at radius 1 is 1.31 bits per heavy atom. The first-order chi connectivity index (χ1) is 6.21. The summed E-state index contributed by atoms with van der Waals surface area (Å²) in [6, 6.07) is 5.66. The summed E-state index contributed by atoms with van der Waals surface area (Å²) in [6.45, 7) is 0. The molecule has 0 spiro atoms. The molecule has 70 valence electrons. The number of nitrogens with two attached hydrogens (primary N) is 1. The van der Waals surface area contributed by atoms with Crippen molar-refractivity contribution in [3.8, 4) is 0 Å². The van der Waals surface area contributed by atoms with E-state index >= 15 is 0 Å². The Labute approximate surface area is 83.1 Å². The number of pyridine rings is 1. The van der Waals surface area contributed by atoms with E-state index in [1.54, 1.807) is 6.07 Å². The van der Waals surface area contributed by atoms with Crippen LogP contribution in [0.5, 0.6) is 0 Å². The quantitative estimate of drug-likeness (QED) is 0.701. The van der Waals surface area contributed by atoms with Crippen molar-refractivity contribution in [2.45, 2.75) is 31.2 Å². The SMILES string of the molecule is NC1(c2cccc(Cl)n2)CCCC1. The van der Waals surface area contributed by atoms with Crippen molar-refractivity contribution < 1.29 is 0 Å². The molecule has 1 fully saturated rings. The zero-order valence-electron chi connectivity index (χ0n) is 7.46. The first-order valence-electron chi connectivity index (χ1n) is 4.63. The minimum Gasteiger partial charge on any atom is -0.320 e. The maximum absolute atomic E-state index is 6.23. The van der Waals surface area contributed by atoms with Crippen LogP contribution >= 0.6 is 11.6 Å². The highest BCUT2D eigenvalue weighted by molar-refractivity contribution is 6.29. The molecule has 0 bridgehead atoms. The monoisotopic (exact) mass is 196 g/mol. The Balaban J connectivity index is 2.33. The minimum atomic E-state index is -0.217. The molecule has 3 heteroatoms. The Bertz CT molecular complexity index is 306. The lowest BCUT2D eigenvalue weighted by Gasteiger charge is -2.22. The van der Waals surface area contributed by atoms with E-state index in [9.17, 15) is 0 Å². The third-order valence-electron chi connectivity index (χ3n) is 2.72. The third-order valence-corrected chi connectivity index (χ3v) is 2.93. The standard InChI is InChI=1S/C10H13ClN2/c11-9-5-3-4-8(13-9)10(12)6-1-2-7-10/h3-5H,1-2,6-7,12H2. The molecule has 1 saturated carbocycles. The van der Waals surface area contributed by atoms with Crippen molar-refractivity contribution >= 4 is 11.6 Å². The second kappa shape index (κ2) is 3.28. The van der Waals surface area contributed by atoms with Gasteiger partial charge in [0.05, 0.1) is 11.2 Å². The highest BCUT2D eigenvalue weighted by Crippen LogP contribution is 2.35. The van der Waals surface area contributed by atoms with Gasteiger partial charge < -0.3 is 5.73 Å². The summed E-state index contributed by atoms with van der Waals surface area (Å²) in [5.74, 6) is 0. The van der Waals surface area contributed by atoms with Crippen LogP contribution in [0.4, 0.5) is 0 Å². The Hall–Kier alpha value is -0.600. The minimum absolute atomic E-state index is 0.217. The van der Waals surface area contributed by atoms with Gasteiger partial charge in [-0.1, -0.05) is 30.5 Å². The molecule has 1 aliphatic rings. The summed E-state index contributed by atoms with van der Waals surface area (Å²) in [4.78, 5) is 4.27. The predicted molar refractivity (Wildman–Crippen MR) is 53.6 cm³/mol. The molecule has 2 N–H and O–H groups in total. The van der Waals surface area contributed by atoms with Crippen LogP contribution in [-0.2, 0) is 5.54 Å². The lowest BCUT2D eigenvalue weighted by atomic mass is 9.94. The van der Waals surface area contributed by atoms with Crippen LogP contribution in [0.25, 0.3) is 0 Å². The Morgan fingerprint density at radius 3 is 2.62 bits per heavy atom. The van der Waals surface area contributed by atoms with Crippen molar-refractivity contribution in [2.75, 3.05) is 0 Å². The molecule has 0 aromatic carbocycles. The van der Waals surface area contributed by atoms with Gasteiger partial charge in [0.2, 0.25) is 0 Å². The van der Waals surface area contributed by atoms with Crippen molar-refractivity contribution in [2.24, 2.45) is 5.73 Å². The molecule has 0 amide bonds. The number of aromatic nitrogens is 1. The van der Waals surface area contributed by atoms with Crippen LogP contribution in [-0.4, -0.2) is 4.98 Å². The van der Waals surface area contributed by atoms with E-state index in [0.29, 0.717) is 5.15 Å². The maximum Gasteiger partial charge on any atom is 0.129 e. The van der Waals surface area contributed by atoms with Crippen molar-refractivity contribution in [3.63, 3.8) is 0 Å². The van der Waals surface area contributed by atoms with Gasteiger partial charge in [0.1, 0.15) is 5.15 Å². The summed E-state index contributed by atoms with van der Waals surface area (Å²) >= 11 is 5.82. The van der Waals surface area contributed by atoms with Gasteiger partial charge in [-0.3, -0.25) is 0 Å². The highest BCUT2D eigenvalue weighted by Gasteiger charge is 2.32. The Morgan fingerprint density at radius 2 is 2.00 bits per heavy atom. The zero-order valence-corrected chi connectivity index (χ0v) is 8.22. The topological polar surface area (TPSA) is 38.9 Å². The Kier molecular flexibility index (Phi) is 2.26. The second-order valence-electron chi connectivity index (χ2n) is 3.71. The molecule has 2 nitrogen and oxygen atoms in total. The van der Waals surface area contributed by atoms with E-state index in [0.717, 1.165) is 18.5 Å². The molecule has 0 saturated heterocycles. The van der Waals surface area contributed by atoms with E-state index in [2.05, 4.69) is 4.98 Å². The first-order valence-corrected chi connectivity index (χ1v) is 5.00. The zero-order chi connectivity index (χ0) is 9.31. The lowest BCUT2D eigenvalue weighted by molar-refractivity contribution is 0.447. The maximum atomic E-state index is 6.23. The molecule has 0 aliphatic heterocycles. The van der Waals surface area contributed by atoms with Gasteiger partial charge in [-0.05, 0) is 25.0 Å². The summed E-state index contributed by atoms with van der Waals surface area (Å²) in [5.41, 5.74) is 6.95. The largest absolute Gasteiger partial charge is 0.320 e. The fourth-order valence-electron chi connectivity index (χ4n) is 1.95. The van der Waals surface area contributed by atoms with Crippen LogP contribution < -0.4 is 5.73 Å². The van der Waals surface area contributed by atoms with Crippen LogP contribution in [0.1, 0.15) is 31.4 Å². The summed E-state index contributed by atoms with van der Waals surface area (Å²) in [6.07, 6.45) is 4.45. The fraction of sp³-hybridized carbons (Fsp3) is 0.500. The molecule has 1 heterocycles. The van der Waals surface area contributed by atoms with Gasteiger partial charge in [0, 0.05) is 0 Å². The molecule has 0 atom stereocenters. The lowest BCUT2D eigenvalue weighted by Crippen LogP contribution is -2.34. The predicted octanol–water partition coefficient (Wildman–Crippen LogP) is 2.46. The number of nitrogens with zero attached hydrogens (tertiary/aromatic N) is 1. The van der Waals surface area contributed by atoms with Gasteiger partial charge in [0.15, 0.2) is 0 Å². The van der Waals surface area contributed by atoms with Gasteiger partial charge in [-0.25, -0.2) is 4.98 Å². The molecular weight excluding hydrogens is 184 g/mol. The number of hydrogen-bond donors (Lipinski definition) is 1. The molecule has 0 unspecified atom stereocenters. The van der Waals surface area contributed by atoms with Crippen LogP contribution in [0, 0.1) is 0 Å². The molecule has 1 aliphatic carbocycles. The van der Waals surface area contributed by atoms with Crippen molar-refractivity contribution in [1.29, 1.82) is 0 Å². The van der Waals surface area contributed by atoms with Gasteiger partial charge >= 0.3 is 0 Å². The molecule has 1 aromatic heterocycles. The molecule has 0 radical (unpaired) electrons. The fourth-order valence-corrected chi connectivity index (χ4v) is 2.11. The van der Waals surface area contributed by atoms with Gasteiger partial charge in [0.25, 0.3) is 0 Å². The molecule has 13 heavy (non-hydrogen) atoms. The average Bonchev–Trinajstić information content (AvgIpc) is 2.54. The smallest absolute Gasteiger partial charge is 0.129 e. The van der Waals surface area contributed by atoms with E-state index in [1.807, 2.05) is 12.1 Å². The summed E-state index contributed by atoms with van der Waals surface area (Å²) in [7, 11) is 0. The average molecular weight is 197 g/mol. The highest BCUT2D eigenvalue weighted by atomic mass is 35.5. The normalized spacial score (nSPS) is 20.5. The van der Waals surface area contributed by atoms with Crippen molar-refractivity contribution in [3.05, 3.63) is 29.0 Å². The number of rotatable bonds is 1. The molecule has 1 aromatic rings. The van der Waals surface area contributed by atoms with Crippen LogP contribution in [0.15, 0.2) is 18.2 Å². The van der Waals surface area contributed by atoms with Crippen molar-refractivity contribution in [1.82, 2.24) is 4.98 Å². The third kappa shape index (κ3) is 1.69. The summed E-state index contributed by atoms with van der Waals surface area (Å²) in [5, 5.41) is 0.536. The summed E-state index contributed by atoms with van der Waals surface area (Å²) < 4.78 is 0. The molecular formula is C10H13ClN2. The van der Waals surface area contributed by atoms with Gasteiger partial charge in [-0.2, -0.15) is 0 Å². The van der Waals surface area contributed by atoms with Crippen LogP contribution in [0.3, 0.4) is 0 Å². The second-order valence-corrected chi connectivity index (χ2v) is 4.10. The number of hydrogen-bond acceptors (Lipinski definition) is 2. The van der Waals surface area contributed by atoms with Crippen LogP contribution in [0.2, 0.25) is 5.15 Å². The first kappa shape index (κ1) is 8.97. The van der Waals surface area contributed by atoms with Gasteiger partial charge in [-0.15, -0.1) is 0 Å².